The van der Waals surface area contributed by atoms with Crippen LogP contribution in [0.2, 0.25) is 0 Å². The van der Waals surface area contributed by atoms with Crippen LogP contribution in [-0.2, 0) is 7.05 Å². The third-order valence-electron chi connectivity index (χ3n) is 2.38. The average Bonchev–Trinajstić information content (AvgIpc) is 2.71. The summed E-state index contributed by atoms with van der Waals surface area (Å²) in [5.74, 6) is 4.74. The molecule has 6 heteroatoms. The van der Waals surface area contributed by atoms with Crippen LogP contribution in [0.25, 0.3) is 11.3 Å². The molecule has 1 aromatic heterocycles. The van der Waals surface area contributed by atoms with Gasteiger partial charge in [-0.3, -0.25) is 14.9 Å². The van der Waals surface area contributed by atoms with Crippen molar-refractivity contribution in [1.82, 2.24) is 15.2 Å². The highest BCUT2D eigenvalue weighted by Gasteiger charge is 2.12. The van der Waals surface area contributed by atoms with Crippen molar-refractivity contribution >= 4 is 21.8 Å². The number of hydrazine groups is 1. The predicted molar refractivity (Wildman–Crippen MR) is 68.0 cm³/mol. The van der Waals surface area contributed by atoms with Crippen molar-refractivity contribution in [2.45, 2.75) is 0 Å². The molecular weight excluding hydrogens is 284 g/mol. The van der Waals surface area contributed by atoms with E-state index in [0.717, 1.165) is 15.7 Å². The quantitative estimate of drug-likeness (QED) is 0.500. The first kappa shape index (κ1) is 11.8. The van der Waals surface area contributed by atoms with Crippen molar-refractivity contribution in [3.63, 3.8) is 0 Å². The first-order chi connectivity index (χ1) is 8.11. The fourth-order valence-corrected chi connectivity index (χ4v) is 1.78. The number of benzene rings is 1. The summed E-state index contributed by atoms with van der Waals surface area (Å²) in [6, 6.07) is 9.40. The molecule has 0 unspecified atom stereocenters. The van der Waals surface area contributed by atoms with Gasteiger partial charge in [-0.25, -0.2) is 5.84 Å². The second-order valence-corrected chi connectivity index (χ2v) is 4.43. The van der Waals surface area contributed by atoms with E-state index in [1.54, 1.807) is 13.1 Å². The zero-order valence-electron chi connectivity index (χ0n) is 9.14. The molecule has 3 N–H and O–H groups in total. The number of nitrogens with two attached hydrogens (primary N) is 1. The molecule has 0 aliphatic heterocycles. The van der Waals surface area contributed by atoms with E-state index >= 15 is 0 Å². The molecule has 0 saturated carbocycles. The van der Waals surface area contributed by atoms with E-state index in [1.165, 1.54) is 4.68 Å². The fourth-order valence-electron chi connectivity index (χ4n) is 1.52. The molecule has 1 aromatic carbocycles. The van der Waals surface area contributed by atoms with E-state index < -0.39 is 0 Å². The minimum Gasteiger partial charge on any atom is -0.289 e. The number of nitrogens with zero attached hydrogens (tertiary/aromatic N) is 2. The number of aryl methyl sites for hydroxylation is 1. The Morgan fingerprint density at radius 3 is 2.65 bits per heavy atom. The van der Waals surface area contributed by atoms with E-state index in [0.29, 0.717) is 5.69 Å². The van der Waals surface area contributed by atoms with Crippen molar-refractivity contribution in [1.29, 1.82) is 0 Å². The Balaban J connectivity index is 2.41. The number of halogens is 1. The van der Waals surface area contributed by atoms with E-state index in [9.17, 15) is 4.79 Å². The largest absolute Gasteiger partial charge is 0.289 e. The van der Waals surface area contributed by atoms with Gasteiger partial charge >= 0.3 is 0 Å². The summed E-state index contributed by atoms with van der Waals surface area (Å²) in [7, 11) is 1.70. The topological polar surface area (TPSA) is 72.9 Å². The van der Waals surface area contributed by atoms with Crippen LogP contribution in [0, 0.1) is 0 Å². The Labute approximate surface area is 107 Å². The first-order valence-corrected chi connectivity index (χ1v) is 5.72. The number of rotatable bonds is 2. The second kappa shape index (κ2) is 4.68. The molecule has 1 heterocycles. The maximum Gasteiger partial charge on any atom is 0.283 e. The number of hydrogen-bond donors (Lipinski definition) is 2. The van der Waals surface area contributed by atoms with Crippen LogP contribution < -0.4 is 11.3 Å². The van der Waals surface area contributed by atoms with E-state index in [1.807, 2.05) is 24.3 Å². The van der Waals surface area contributed by atoms with Gasteiger partial charge in [-0.15, -0.1) is 0 Å². The van der Waals surface area contributed by atoms with E-state index in [-0.39, 0.29) is 5.91 Å². The van der Waals surface area contributed by atoms with Gasteiger partial charge in [0.2, 0.25) is 0 Å². The maximum atomic E-state index is 11.4. The van der Waals surface area contributed by atoms with Crippen LogP contribution in [0.5, 0.6) is 0 Å². The minimum absolute atomic E-state index is 0.358. The van der Waals surface area contributed by atoms with Crippen LogP contribution in [0.15, 0.2) is 34.8 Å². The normalized spacial score (nSPS) is 10.3. The zero-order chi connectivity index (χ0) is 12.4. The van der Waals surface area contributed by atoms with Crippen LogP contribution in [0.4, 0.5) is 0 Å². The first-order valence-electron chi connectivity index (χ1n) is 4.92. The van der Waals surface area contributed by atoms with Crippen molar-refractivity contribution in [3.8, 4) is 11.3 Å². The molecule has 2 aromatic rings. The molecule has 2 rings (SSSR count). The van der Waals surface area contributed by atoms with Crippen molar-refractivity contribution in [3.05, 3.63) is 40.5 Å². The summed E-state index contributed by atoms with van der Waals surface area (Å²) in [5, 5.41) is 4.26. The zero-order valence-corrected chi connectivity index (χ0v) is 10.7. The van der Waals surface area contributed by atoms with Gasteiger partial charge in [-0.2, -0.15) is 5.10 Å². The SMILES string of the molecule is Cn1nc(-c2ccc(Br)cc2)cc1C(=O)NN. The highest BCUT2D eigenvalue weighted by molar-refractivity contribution is 9.10. The van der Waals surface area contributed by atoms with Crippen LogP contribution in [0.1, 0.15) is 10.5 Å². The monoisotopic (exact) mass is 294 g/mol. The number of nitrogen functional groups attached to an aromatic ring is 1. The average molecular weight is 295 g/mol. The van der Waals surface area contributed by atoms with Gasteiger partial charge in [0.25, 0.3) is 5.91 Å². The Kier molecular flexibility index (Phi) is 3.26. The summed E-state index contributed by atoms with van der Waals surface area (Å²) in [5.41, 5.74) is 4.19. The molecule has 0 radical (unpaired) electrons. The molecule has 5 nitrogen and oxygen atoms in total. The summed E-state index contributed by atoms with van der Waals surface area (Å²) in [6.45, 7) is 0. The minimum atomic E-state index is -0.358. The molecule has 17 heavy (non-hydrogen) atoms. The fraction of sp³-hybridized carbons (Fsp3) is 0.0909. The van der Waals surface area contributed by atoms with Crippen LogP contribution in [0.3, 0.4) is 0 Å². The van der Waals surface area contributed by atoms with Crippen LogP contribution >= 0.6 is 15.9 Å². The van der Waals surface area contributed by atoms with Gasteiger partial charge in [0.05, 0.1) is 5.69 Å². The summed E-state index contributed by atoms with van der Waals surface area (Å²) >= 11 is 3.37. The van der Waals surface area contributed by atoms with Crippen LogP contribution in [-0.4, -0.2) is 15.7 Å². The van der Waals surface area contributed by atoms with E-state index in [4.69, 9.17) is 5.84 Å². The molecule has 0 spiro atoms. The molecule has 0 fully saturated rings. The summed E-state index contributed by atoms with van der Waals surface area (Å²) < 4.78 is 2.50. The predicted octanol–water partition coefficient (Wildman–Crippen LogP) is 1.45. The van der Waals surface area contributed by atoms with E-state index in [2.05, 4.69) is 26.5 Å². The molecular formula is C11H11BrN4O. The van der Waals surface area contributed by atoms with Gasteiger partial charge in [0.15, 0.2) is 0 Å². The molecule has 88 valence electrons. The number of aromatic nitrogens is 2. The molecule has 1 amide bonds. The van der Waals surface area contributed by atoms with Crippen molar-refractivity contribution in [2.24, 2.45) is 12.9 Å². The molecule has 0 saturated heterocycles. The summed E-state index contributed by atoms with van der Waals surface area (Å²) in [4.78, 5) is 11.4. The standard InChI is InChI=1S/C11H11BrN4O/c1-16-10(11(17)14-13)6-9(15-16)7-2-4-8(12)5-3-7/h2-6H,13H2,1H3,(H,14,17). The molecule has 0 atom stereocenters. The van der Waals surface area contributed by atoms with Crippen molar-refractivity contribution in [2.75, 3.05) is 0 Å². The Bertz CT molecular complexity index is 547. The van der Waals surface area contributed by atoms with Crippen molar-refractivity contribution < 1.29 is 4.79 Å². The number of hydrogen-bond acceptors (Lipinski definition) is 3. The second-order valence-electron chi connectivity index (χ2n) is 3.52. The lowest BCUT2D eigenvalue weighted by molar-refractivity contribution is 0.0944. The highest BCUT2D eigenvalue weighted by atomic mass is 79.9. The van der Waals surface area contributed by atoms with Gasteiger partial charge < -0.3 is 0 Å². The lowest BCUT2D eigenvalue weighted by Gasteiger charge is -1.97. The molecule has 0 aliphatic carbocycles. The highest BCUT2D eigenvalue weighted by Crippen LogP contribution is 2.21. The number of carbonyl (C=O) groups excluding carboxylic acids is 1. The Morgan fingerprint density at radius 2 is 2.06 bits per heavy atom. The van der Waals surface area contributed by atoms with Gasteiger partial charge in [-0.05, 0) is 18.2 Å². The lowest BCUT2D eigenvalue weighted by atomic mass is 10.1. The number of carbonyl (C=O) groups is 1. The third-order valence-corrected chi connectivity index (χ3v) is 2.91. The summed E-state index contributed by atoms with van der Waals surface area (Å²) in [6.07, 6.45) is 0. The van der Waals surface area contributed by atoms with Gasteiger partial charge in [-0.1, -0.05) is 28.1 Å². The Hall–Kier alpha value is -1.66. The Morgan fingerprint density at radius 1 is 1.41 bits per heavy atom. The molecule has 0 aliphatic rings. The molecule has 0 bridgehead atoms. The number of amides is 1. The smallest absolute Gasteiger partial charge is 0.283 e. The maximum absolute atomic E-state index is 11.4. The third kappa shape index (κ3) is 2.37. The van der Waals surface area contributed by atoms with Gasteiger partial charge in [0, 0.05) is 17.1 Å². The van der Waals surface area contributed by atoms with Gasteiger partial charge in [0.1, 0.15) is 5.69 Å². The number of nitrogens with one attached hydrogen (secondary N) is 1. The lowest BCUT2D eigenvalue weighted by Crippen LogP contribution is -2.31.